The van der Waals surface area contributed by atoms with E-state index in [2.05, 4.69) is 43.2 Å². The Morgan fingerprint density at radius 1 is 0.833 bits per heavy atom. The molecule has 4 rings (SSSR count). The van der Waals surface area contributed by atoms with E-state index in [0.717, 1.165) is 33.9 Å². The van der Waals surface area contributed by atoms with Crippen LogP contribution in [0.3, 0.4) is 0 Å². The first-order chi connectivity index (χ1) is 14.3. The molecule has 0 atom stereocenters. The second-order valence-corrected chi connectivity index (χ2v) is 7.96. The number of carbonyl (C=O) groups excluding carboxylic acids is 1. The lowest BCUT2D eigenvalue weighted by atomic mass is 10.1. The number of hydrazone groups is 1. The average molecular weight is 399 g/mol. The van der Waals surface area contributed by atoms with E-state index in [-0.39, 0.29) is 5.91 Å². The maximum atomic E-state index is 13.2. The van der Waals surface area contributed by atoms with Gasteiger partial charge in [0.05, 0.1) is 28.4 Å². The highest BCUT2D eigenvalue weighted by atomic mass is 16.2. The minimum Gasteiger partial charge on any atom is -0.267 e. The molecule has 0 unspecified atom stereocenters. The van der Waals surface area contributed by atoms with Crippen LogP contribution in [0, 0.1) is 34.6 Å². The Labute approximate surface area is 177 Å². The normalized spacial score (nSPS) is 15.3. The third-order valence-corrected chi connectivity index (χ3v) is 5.71. The molecule has 2 heterocycles. The Hall–Kier alpha value is -3.47. The summed E-state index contributed by atoms with van der Waals surface area (Å²) in [5.41, 5.74) is 9.46. The summed E-state index contributed by atoms with van der Waals surface area (Å²) in [7, 11) is 0. The van der Waals surface area contributed by atoms with Crippen molar-refractivity contribution in [2.45, 2.75) is 41.5 Å². The number of rotatable bonds is 3. The first-order valence-electron chi connectivity index (χ1n) is 10.1. The molecule has 2 aromatic carbocycles. The summed E-state index contributed by atoms with van der Waals surface area (Å²) in [5, 5.41) is 10.7. The predicted molar refractivity (Wildman–Crippen MR) is 122 cm³/mol. The zero-order chi connectivity index (χ0) is 21.6. The van der Waals surface area contributed by atoms with Gasteiger partial charge in [0.25, 0.3) is 5.91 Å². The minimum absolute atomic E-state index is 0.113. The molecule has 5 nitrogen and oxygen atoms in total. The molecule has 0 aliphatic carbocycles. The van der Waals surface area contributed by atoms with Crippen molar-refractivity contribution in [1.29, 1.82) is 0 Å². The largest absolute Gasteiger partial charge is 0.280 e. The van der Waals surface area contributed by atoms with Crippen molar-refractivity contribution < 1.29 is 4.79 Å². The van der Waals surface area contributed by atoms with Gasteiger partial charge in [-0.1, -0.05) is 23.8 Å². The summed E-state index contributed by atoms with van der Waals surface area (Å²) in [6.07, 6.45) is 1.92. The van der Waals surface area contributed by atoms with E-state index in [1.54, 1.807) is 0 Å². The third-order valence-electron chi connectivity index (χ3n) is 5.71. The van der Waals surface area contributed by atoms with Crippen molar-refractivity contribution in [2.24, 2.45) is 5.10 Å². The van der Waals surface area contributed by atoms with Crippen molar-refractivity contribution in [3.8, 4) is 5.69 Å². The van der Waals surface area contributed by atoms with Crippen LogP contribution in [0.2, 0.25) is 0 Å². The fourth-order valence-electron chi connectivity index (χ4n) is 3.66. The zero-order valence-corrected chi connectivity index (χ0v) is 18.3. The van der Waals surface area contributed by atoms with Gasteiger partial charge < -0.3 is 0 Å². The summed E-state index contributed by atoms with van der Waals surface area (Å²) >= 11 is 0. The summed E-state index contributed by atoms with van der Waals surface area (Å²) < 4.78 is 1.92. The van der Waals surface area contributed by atoms with Gasteiger partial charge in [-0.3, -0.25) is 4.79 Å². The molecule has 1 aromatic heterocycles. The molecule has 0 radical (unpaired) electrons. The van der Waals surface area contributed by atoms with Gasteiger partial charge in [-0.05, 0) is 83.0 Å². The molecule has 0 saturated carbocycles. The Bertz CT molecular complexity index is 1210. The van der Waals surface area contributed by atoms with E-state index in [1.807, 2.05) is 56.7 Å². The first-order valence-corrected chi connectivity index (χ1v) is 10.1. The molecule has 30 heavy (non-hydrogen) atoms. The molecule has 0 saturated heterocycles. The fraction of sp³-hybridized carbons (Fsp3) is 0.240. The summed E-state index contributed by atoms with van der Waals surface area (Å²) in [6.45, 7) is 12.0. The first kappa shape index (κ1) is 19.8. The van der Waals surface area contributed by atoms with Crippen molar-refractivity contribution >= 4 is 23.4 Å². The van der Waals surface area contributed by atoms with Crippen molar-refractivity contribution in [3.63, 3.8) is 0 Å². The Balaban J connectivity index is 1.72. The zero-order valence-electron chi connectivity index (χ0n) is 18.3. The second-order valence-electron chi connectivity index (χ2n) is 7.96. The lowest BCUT2D eigenvalue weighted by Gasteiger charge is -2.13. The molecule has 0 fully saturated rings. The molecular formula is C25H26N4O. The van der Waals surface area contributed by atoms with E-state index in [0.29, 0.717) is 11.3 Å². The van der Waals surface area contributed by atoms with Crippen LogP contribution < -0.4 is 5.01 Å². The van der Waals surface area contributed by atoms with E-state index < -0.39 is 0 Å². The van der Waals surface area contributed by atoms with E-state index in [4.69, 9.17) is 5.10 Å². The van der Waals surface area contributed by atoms with E-state index >= 15 is 0 Å². The highest BCUT2D eigenvalue weighted by Crippen LogP contribution is 2.28. The number of amides is 1. The number of hydrogen-bond donors (Lipinski definition) is 0. The average Bonchev–Trinajstić information content (AvgIpc) is 3.15. The molecular weight excluding hydrogens is 372 g/mol. The minimum atomic E-state index is -0.113. The van der Waals surface area contributed by atoms with Gasteiger partial charge in [-0.2, -0.15) is 15.2 Å². The fourth-order valence-corrected chi connectivity index (χ4v) is 3.66. The Morgan fingerprint density at radius 3 is 2.17 bits per heavy atom. The highest BCUT2D eigenvalue weighted by molar-refractivity contribution is 6.32. The van der Waals surface area contributed by atoms with Crippen LogP contribution in [0.4, 0.5) is 5.69 Å². The Kier molecular flexibility index (Phi) is 4.90. The SMILES string of the molecule is CC1=NN(c2ccc(C)c(C)c2)C(=O)/C1=C/c1c(C)nn(-c2ccc(C)cc2)c1C. The number of benzene rings is 2. The van der Waals surface area contributed by atoms with Gasteiger partial charge in [-0.25, -0.2) is 4.68 Å². The van der Waals surface area contributed by atoms with Crippen LogP contribution in [-0.4, -0.2) is 21.4 Å². The third kappa shape index (κ3) is 3.36. The van der Waals surface area contributed by atoms with Crippen LogP contribution in [0.5, 0.6) is 0 Å². The van der Waals surface area contributed by atoms with Gasteiger partial charge in [-0.15, -0.1) is 0 Å². The molecule has 1 aliphatic heterocycles. The molecule has 152 valence electrons. The Morgan fingerprint density at radius 2 is 1.50 bits per heavy atom. The lowest BCUT2D eigenvalue weighted by Crippen LogP contribution is -2.21. The topological polar surface area (TPSA) is 50.5 Å². The molecule has 0 N–H and O–H groups in total. The number of carbonyl (C=O) groups is 1. The van der Waals surface area contributed by atoms with Gasteiger partial charge in [0.15, 0.2) is 0 Å². The molecule has 1 aliphatic rings. The van der Waals surface area contributed by atoms with Crippen molar-refractivity contribution in [1.82, 2.24) is 9.78 Å². The van der Waals surface area contributed by atoms with Crippen LogP contribution >= 0.6 is 0 Å². The van der Waals surface area contributed by atoms with Crippen molar-refractivity contribution in [2.75, 3.05) is 5.01 Å². The van der Waals surface area contributed by atoms with Crippen LogP contribution in [0.25, 0.3) is 11.8 Å². The van der Waals surface area contributed by atoms with Crippen LogP contribution in [0.15, 0.2) is 53.1 Å². The smallest absolute Gasteiger partial charge is 0.267 e. The maximum absolute atomic E-state index is 13.2. The second kappa shape index (κ2) is 7.41. The molecule has 3 aromatic rings. The highest BCUT2D eigenvalue weighted by Gasteiger charge is 2.29. The summed E-state index contributed by atoms with van der Waals surface area (Å²) in [6, 6.07) is 14.2. The number of hydrogen-bond acceptors (Lipinski definition) is 3. The quantitative estimate of drug-likeness (QED) is 0.568. The molecule has 1 amide bonds. The van der Waals surface area contributed by atoms with Gasteiger partial charge >= 0.3 is 0 Å². The lowest BCUT2D eigenvalue weighted by molar-refractivity contribution is -0.114. The number of aryl methyl sites for hydroxylation is 4. The summed E-state index contributed by atoms with van der Waals surface area (Å²) in [5.74, 6) is -0.113. The molecule has 0 spiro atoms. The molecule has 5 heteroatoms. The van der Waals surface area contributed by atoms with Gasteiger partial charge in [0, 0.05) is 11.3 Å². The van der Waals surface area contributed by atoms with E-state index in [9.17, 15) is 4.79 Å². The number of anilines is 1. The predicted octanol–water partition coefficient (Wildman–Crippen LogP) is 5.22. The van der Waals surface area contributed by atoms with Gasteiger partial charge in [0.1, 0.15) is 0 Å². The van der Waals surface area contributed by atoms with Crippen LogP contribution in [-0.2, 0) is 4.79 Å². The van der Waals surface area contributed by atoms with E-state index in [1.165, 1.54) is 16.1 Å². The van der Waals surface area contributed by atoms with Crippen molar-refractivity contribution in [3.05, 3.63) is 81.7 Å². The molecule has 0 bridgehead atoms. The monoisotopic (exact) mass is 398 g/mol. The number of nitrogens with zero attached hydrogens (tertiary/aromatic N) is 4. The van der Waals surface area contributed by atoms with Crippen LogP contribution in [0.1, 0.15) is 40.6 Å². The standard InChI is InChI=1S/C25H26N4O/c1-15-7-10-21(11-8-15)28-20(6)23(18(4)26-28)14-24-19(5)27-29(25(24)30)22-12-9-16(2)17(3)13-22/h7-14H,1-6H3/b24-14+. The summed E-state index contributed by atoms with van der Waals surface area (Å²) in [4.78, 5) is 13.2. The maximum Gasteiger partial charge on any atom is 0.280 e. The number of aromatic nitrogens is 2. The van der Waals surface area contributed by atoms with Gasteiger partial charge in [0.2, 0.25) is 0 Å².